The van der Waals surface area contributed by atoms with Crippen LogP contribution in [0.15, 0.2) is 24.3 Å². The summed E-state index contributed by atoms with van der Waals surface area (Å²) in [7, 11) is 0. The molecule has 0 spiro atoms. The minimum Gasteiger partial charge on any atom is -0.377 e. The lowest BCUT2D eigenvalue weighted by Crippen LogP contribution is -2.26. The van der Waals surface area contributed by atoms with Crippen LogP contribution >= 0.6 is 0 Å². The molecule has 2 nitrogen and oxygen atoms in total. The lowest BCUT2D eigenvalue weighted by atomic mass is 9.98. The summed E-state index contributed by atoms with van der Waals surface area (Å²) in [6.07, 6.45) is 9.51. The van der Waals surface area contributed by atoms with Gasteiger partial charge in [-0.25, -0.2) is 0 Å². The van der Waals surface area contributed by atoms with Gasteiger partial charge in [0.2, 0.25) is 0 Å². The molecule has 2 rings (SSSR count). The van der Waals surface area contributed by atoms with Gasteiger partial charge < -0.3 is 10.1 Å². The molecule has 0 radical (unpaired) electrons. The first-order chi connectivity index (χ1) is 10.3. The molecule has 0 saturated heterocycles. The molecule has 1 aromatic rings. The van der Waals surface area contributed by atoms with Gasteiger partial charge in [-0.2, -0.15) is 0 Å². The summed E-state index contributed by atoms with van der Waals surface area (Å²) in [5.74, 6) is 0. The van der Waals surface area contributed by atoms with Crippen LogP contribution < -0.4 is 5.32 Å². The highest BCUT2D eigenvalue weighted by molar-refractivity contribution is 5.24. The maximum atomic E-state index is 5.96. The molecule has 1 unspecified atom stereocenters. The van der Waals surface area contributed by atoms with Crippen LogP contribution in [0.5, 0.6) is 0 Å². The van der Waals surface area contributed by atoms with Gasteiger partial charge in [-0.15, -0.1) is 0 Å². The number of nitrogens with one attached hydrogen (secondary N) is 1. The van der Waals surface area contributed by atoms with Crippen molar-refractivity contribution in [1.29, 1.82) is 0 Å². The fourth-order valence-corrected chi connectivity index (χ4v) is 3.11. The summed E-state index contributed by atoms with van der Waals surface area (Å²) < 4.78 is 5.96. The Morgan fingerprint density at radius 1 is 1.14 bits per heavy atom. The molecule has 0 bridgehead atoms. The lowest BCUT2D eigenvalue weighted by molar-refractivity contribution is 0.0295. The van der Waals surface area contributed by atoms with E-state index in [-0.39, 0.29) is 0 Å². The van der Waals surface area contributed by atoms with Crippen molar-refractivity contribution in [3.63, 3.8) is 0 Å². The molecule has 0 heterocycles. The maximum Gasteiger partial charge on any atom is 0.0594 e. The van der Waals surface area contributed by atoms with Gasteiger partial charge in [0.1, 0.15) is 0 Å². The Morgan fingerprint density at radius 3 is 2.52 bits per heavy atom. The summed E-state index contributed by atoms with van der Waals surface area (Å²) in [6.45, 7) is 6.23. The second kappa shape index (κ2) is 9.22. The maximum absolute atomic E-state index is 5.96. The highest BCUT2D eigenvalue weighted by Crippen LogP contribution is 2.20. The number of hydrogen-bond donors (Lipinski definition) is 1. The van der Waals surface area contributed by atoms with E-state index in [1.54, 1.807) is 0 Å². The SMILES string of the molecule is CCCc1ccc(C(C)NCCOC2CCCCC2)cc1. The molecule has 2 heteroatoms. The molecule has 1 aliphatic carbocycles. The topological polar surface area (TPSA) is 21.3 Å². The van der Waals surface area contributed by atoms with Gasteiger partial charge in [0.25, 0.3) is 0 Å². The van der Waals surface area contributed by atoms with Gasteiger partial charge in [0.05, 0.1) is 12.7 Å². The molecule has 1 N–H and O–H groups in total. The van der Waals surface area contributed by atoms with Crippen LogP contribution in [0.2, 0.25) is 0 Å². The molecule has 21 heavy (non-hydrogen) atoms. The molecule has 0 aliphatic heterocycles. The van der Waals surface area contributed by atoms with E-state index in [0.29, 0.717) is 12.1 Å². The Labute approximate surface area is 130 Å². The molecule has 0 amide bonds. The van der Waals surface area contributed by atoms with Crippen LogP contribution in [0.4, 0.5) is 0 Å². The van der Waals surface area contributed by atoms with Gasteiger partial charge in [-0.05, 0) is 37.3 Å². The van der Waals surface area contributed by atoms with Crippen molar-refractivity contribution in [1.82, 2.24) is 5.32 Å². The van der Waals surface area contributed by atoms with Crippen molar-refractivity contribution in [2.45, 2.75) is 70.9 Å². The molecule has 0 aromatic heterocycles. The molecular formula is C19H31NO. The van der Waals surface area contributed by atoms with Crippen molar-refractivity contribution in [2.24, 2.45) is 0 Å². The summed E-state index contributed by atoms with van der Waals surface area (Å²) >= 11 is 0. The van der Waals surface area contributed by atoms with E-state index < -0.39 is 0 Å². The minimum absolute atomic E-state index is 0.399. The second-order valence-electron chi connectivity index (χ2n) is 6.30. The normalized spacial score (nSPS) is 17.8. The minimum atomic E-state index is 0.399. The van der Waals surface area contributed by atoms with Crippen LogP contribution in [0, 0.1) is 0 Å². The van der Waals surface area contributed by atoms with Crippen molar-refractivity contribution < 1.29 is 4.74 Å². The van der Waals surface area contributed by atoms with Crippen molar-refractivity contribution in [3.8, 4) is 0 Å². The van der Waals surface area contributed by atoms with E-state index in [2.05, 4.69) is 43.4 Å². The Morgan fingerprint density at radius 2 is 1.86 bits per heavy atom. The van der Waals surface area contributed by atoms with Crippen molar-refractivity contribution >= 4 is 0 Å². The predicted molar refractivity (Wildman–Crippen MR) is 89.7 cm³/mol. The standard InChI is InChI=1S/C19H31NO/c1-3-7-17-10-12-18(13-11-17)16(2)20-14-15-21-19-8-5-4-6-9-19/h10-13,16,19-20H,3-9,14-15H2,1-2H3. The van der Waals surface area contributed by atoms with Crippen molar-refractivity contribution in [3.05, 3.63) is 35.4 Å². The monoisotopic (exact) mass is 289 g/mol. The number of rotatable bonds is 8. The van der Waals surface area contributed by atoms with Gasteiger partial charge in [-0.1, -0.05) is 56.9 Å². The van der Waals surface area contributed by atoms with Gasteiger partial charge >= 0.3 is 0 Å². The smallest absolute Gasteiger partial charge is 0.0594 e. The van der Waals surface area contributed by atoms with E-state index in [1.807, 2.05) is 0 Å². The predicted octanol–water partition coefficient (Wildman–Crippen LogP) is 4.64. The highest BCUT2D eigenvalue weighted by atomic mass is 16.5. The number of hydrogen-bond acceptors (Lipinski definition) is 2. The second-order valence-corrected chi connectivity index (χ2v) is 6.30. The summed E-state index contributed by atoms with van der Waals surface area (Å²) in [4.78, 5) is 0. The third-order valence-corrected chi connectivity index (χ3v) is 4.48. The molecule has 118 valence electrons. The highest BCUT2D eigenvalue weighted by Gasteiger charge is 2.13. The number of aryl methyl sites for hydroxylation is 1. The molecule has 1 aliphatic rings. The van der Waals surface area contributed by atoms with Gasteiger partial charge in [-0.3, -0.25) is 0 Å². The molecule has 1 fully saturated rings. The zero-order valence-electron chi connectivity index (χ0n) is 13.7. The zero-order valence-corrected chi connectivity index (χ0v) is 13.7. The van der Waals surface area contributed by atoms with Crippen molar-refractivity contribution in [2.75, 3.05) is 13.2 Å². The average molecular weight is 289 g/mol. The quantitative estimate of drug-likeness (QED) is 0.704. The van der Waals surface area contributed by atoms with Crippen LogP contribution in [0.1, 0.15) is 69.5 Å². The Bertz CT molecular complexity index is 381. The molecule has 1 atom stereocenters. The first-order valence-electron chi connectivity index (χ1n) is 8.73. The molecule has 1 saturated carbocycles. The van der Waals surface area contributed by atoms with E-state index in [9.17, 15) is 0 Å². The van der Waals surface area contributed by atoms with E-state index in [4.69, 9.17) is 4.74 Å². The molecular weight excluding hydrogens is 258 g/mol. The fourth-order valence-electron chi connectivity index (χ4n) is 3.11. The van der Waals surface area contributed by atoms with Crippen LogP contribution in [0.3, 0.4) is 0 Å². The Kier molecular flexibility index (Phi) is 7.25. The first kappa shape index (κ1) is 16.5. The fraction of sp³-hybridized carbons (Fsp3) is 0.684. The van der Waals surface area contributed by atoms with E-state index >= 15 is 0 Å². The third-order valence-electron chi connectivity index (χ3n) is 4.48. The largest absolute Gasteiger partial charge is 0.377 e. The summed E-state index contributed by atoms with van der Waals surface area (Å²) in [6, 6.07) is 9.43. The van der Waals surface area contributed by atoms with Gasteiger partial charge in [0.15, 0.2) is 0 Å². The number of ether oxygens (including phenoxy) is 1. The van der Waals surface area contributed by atoms with Gasteiger partial charge in [0, 0.05) is 12.6 Å². The van der Waals surface area contributed by atoms with E-state index in [0.717, 1.165) is 13.2 Å². The van der Waals surface area contributed by atoms with Crippen LogP contribution in [0.25, 0.3) is 0 Å². The number of benzene rings is 1. The summed E-state index contributed by atoms with van der Waals surface area (Å²) in [5, 5.41) is 3.56. The Hall–Kier alpha value is -0.860. The lowest BCUT2D eigenvalue weighted by Gasteiger charge is -2.22. The van der Waals surface area contributed by atoms with Crippen LogP contribution in [-0.4, -0.2) is 19.3 Å². The average Bonchev–Trinajstić information content (AvgIpc) is 2.53. The first-order valence-corrected chi connectivity index (χ1v) is 8.73. The van der Waals surface area contributed by atoms with E-state index in [1.165, 1.54) is 56.1 Å². The molecule has 1 aromatic carbocycles. The summed E-state index contributed by atoms with van der Waals surface area (Å²) in [5.41, 5.74) is 2.81. The van der Waals surface area contributed by atoms with Crippen LogP contribution in [-0.2, 0) is 11.2 Å². The third kappa shape index (κ3) is 5.80. The Balaban J connectivity index is 1.65. The zero-order chi connectivity index (χ0) is 14.9.